The second-order valence-corrected chi connectivity index (χ2v) is 6.11. The molecule has 0 atom stereocenters. The average molecular weight is 368 g/mol. The van der Waals surface area contributed by atoms with Crippen molar-refractivity contribution in [2.45, 2.75) is 0 Å². The van der Waals surface area contributed by atoms with E-state index >= 15 is 0 Å². The molecule has 0 saturated heterocycles. The maximum Gasteiger partial charge on any atom is 0.276 e. The van der Waals surface area contributed by atoms with Crippen LogP contribution in [0.1, 0.15) is 21.7 Å². The maximum atomic E-state index is 12.7. The lowest BCUT2D eigenvalue weighted by atomic mass is 10.1. The molecule has 0 saturated carbocycles. The number of aromatic nitrogens is 3. The van der Waals surface area contributed by atoms with E-state index in [0.717, 1.165) is 11.3 Å². The number of aromatic amines is 1. The van der Waals surface area contributed by atoms with Crippen LogP contribution in [0.2, 0.25) is 0 Å². The third-order valence-corrected chi connectivity index (χ3v) is 4.19. The Hall–Kier alpha value is -4.06. The number of rotatable bonds is 4. The zero-order valence-corrected chi connectivity index (χ0v) is 14.8. The van der Waals surface area contributed by atoms with Crippen LogP contribution >= 0.6 is 0 Å². The van der Waals surface area contributed by atoms with E-state index in [9.17, 15) is 9.59 Å². The number of benzene rings is 2. The predicted octanol–water partition coefficient (Wildman–Crippen LogP) is 3.74. The second kappa shape index (κ2) is 7.67. The van der Waals surface area contributed by atoms with Gasteiger partial charge in [0.2, 0.25) is 0 Å². The number of hydrogen-bond donors (Lipinski definition) is 2. The second-order valence-electron chi connectivity index (χ2n) is 6.11. The number of fused-ring (bicyclic) bond motifs is 1. The molecule has 0 fully saturated rings. The van der Waals surface area contributed by atoms with Crippen LogP contribution in [0.25, 0.3) is 22.9 Å². The van der Waals surface area contributed by atoms with Gasteiger partial charge in [-0.25, -0.2) is 5.10 Å². The van der Waals surface area contributed by atoms with Crippen molar-refractivity contribution in [1.82, 2.24) is 15.2 Å². The van der Waals surface area contributed by atoms with Crippen LogP contribution in [-0.4, -0.2) is 21.1 Å². The number of amides is 1. The molecule has 2 heterocycles. The SMILES string of the molecule is O=C(Nc1cccc(C=Cc2ccccn2)c1)c1n[nH]c(=O)c2ccccc12. The van der Waals surface area contributed by atoms with Crippen molar-refractivity contribution >= 4 is 34.5 Å². The summed E-state index contributed by atoms with van der Waals surface area (Å²) in [6.07, 6.45) is 5.56. The topological polar surface area (TPSA) is 87.7 Å². The van der Waals surface area contributed by atoms with Gasteiger partial charge in [-0.1, -0.05) is 42.5 Å². The standard InChI is InChI=1S/C22H16N4O2/c27-21-19-10-2-1-9-18(19)20(25-26-21)22(28)24-17-8-5-6-15(14-17)11-12-16-7-3-4-13-23-16/h1-14H,(H,24,28)(H,26,27). The number of pyridine rings is 1. The Morgan fingerprint density at radius 3 is 2.57 bits per heavy atom. The third kappa shape index (κ3) is 3.71. The van der Waals surface area contributed by atoms with Crippen LogP contribution in [0.15, 0.2) is 77.7 Å². The van der Waals surface area contributed by atoms with Crippen LogP contribution in [0.3, 0.4) is 0 Å². The van der Waals surface area contributed by atoms with Crippen LogP contribution in [0.5, 0.6) is 0 Å². The zero-order valence-electron chi connectivity index (χ0n) is 14.8. The number of anilines is 1. The Balaban J connectivity index is 1.58. The smallest absolute Gasteiger partial charge is 0.276 e. The van der Waals surface area contributed by atoms with E-state index in [2.05, 4.69) is 20.5 Å². The molecule has 136 valence electrons. The number of hydrogen-bond acceptors (Lipinski definition) is 4. The van der Waals surface area contributed by atoms with E-state index in [1.807, 2.05) is 48.6 Å². The number of H-pyrrole nitrogens is 1. The minimum absolute atomic E-state index is 0.171. The molecule has 6 nitrogen and oxygen atoms in total. The lowest BCUT2D eigenvalue weighted by Crippen LogP contribution is -2.19. The van der Waals surface area contributed by atoms with Crippen molar-refractivity contribution in [3.05, 3.63) is 100 Å². The lowest BCUT2D eigenvalue weighted by Gasteiger charge is -2.07. The fraction of sp³-hybridized carbons (Fsp3) is 0. The summed E-state index contributed by atoms with van der Waals surface area (Å²) in [5.41, 5.74) is 2.24. The number of nitrogens with zero attached hydrogens (tertiary/aromatic N) is 2. The first-order chi connectivity index (χ1) is 13.7. The fourth-order valence-electron chi connectivity index (χ4n) is 2.85. The van der Waals surface area contributed by atoms with Gasteiger partial charge in [0.1, 0.15) is 0 Å². The van der Waals surface area contributed by atoms with Crippen molar-refractivity contribution < 1.29 is 4.79 Å². The average Bonchev–Trinajstić information content (AvgIpc) is 2.74. The highest BCUT2D eigenvalue weighted by molar-refractivity contribution is 6.11. The summed E-state index contributed by atoms with van der Waals surface area (Å²) in [4.78, 5) is 28.8. The molecule has 6 heteroatoms. The highest BCUT2D eigenvalue weighted by Crippen LogP contribution is 2.17. The summed E-state index contributed by atoms with van der Waals surface area (Å²) in [7, 11) is 0. The minimum Gasteiger partial charge on any atom is -0.321 e. The minimum atomic E-state index is -0.390. The van der Waals surface area contributed by atoms with Crippen molar-refractivity contribution in [1.29, 1.82) is 0 Å². The van der Waals surface area contributed by atoms with Crippen molar-refractivity contribution in [3.63, 3.8) is 0 Å². The largest absolute Gasteiger partial charge is 0.321 e. The first kappa shape index (κ1) is 17.4. The Bertz CT molecular complexity index is 1230. The quantitative estimate of drug-likeness (QED) is 0.574. The predicted molar refractivity (Wildman–Crippen MR) is 110 cm³/mol. The van der Waals surface area contributed by atoms with Crippen LogP contribution in [-0.2, 0) is 0 Å². The first-order valence-electron chi connectivity index (χ1n) is 8.69. The van der Waals surface area contributed by atoms with Crippen molar-refractivity contribution in [3.8, 4) is 0 Å². The van der Waals surface area contributed by atoms with Gasteiger partial charge in [0.25, 0.3) is 11.5 Å². The summed E-state index contributed by atoms with van der Waals surface area (Å²) in [6.45, 7) is 0. The highest BCUT2D eigenvalue weighted by Gasteiger charge is 2.14. The molecule has 2 aromatic carbocycles. The summed E-state index contributed by atoms with van der Waals surface area (Å²) in [5, 5.41) is 10.1. The van der Waals surface area contributed by atoms with Gasteiger partial charge in [0.05, 0.1) is 11.1 Å². The molecule has 0 aliphatic rings. The molecule has 2 N–H and O–H groups in total. The molecule has 0 bridgehead atoms. The Labute approximate surface area is 160 Å². The van der Waals surface area contributed by atoms with E-state index in [4.69, 9.17) is 0 Å². The monoisotopic (exact) mass is 368 g/mol. The Morgan fingerprint density at radius 2 is 1.75 bits per heavy atom. The molecule has 0 spiro atoms. The van der Waals surface area contributed by atoms with Gasteiger partial charge in [-0.05, 0) is 42.0 Å². The highest BCUT2D eigenvalue weighted by atomic mass is 16.2. The van der Waals surface area contributed by atoms with E-state index < -0.39 is 5.91 Å². The van der Waals surface area contributed by atoms with Crippen LogP contribution in [0.4, 0.5) is 5.69 Å². The Kier molecular flexibility index (Phi) is 4.76. The summed E-state index contributed by atoms with van der Waals surface area (Å²) in [6, 6.07) is 20.0. The molecule has 1 amide bonds. The van der Waals surface area contributed by atoms with Gasteiger partial charge in [-0.2, -0.15) is 5.10 Å². The summed E-state index contributed by atoms with van der Waals surface area (Å²) >= 11 is 0. The third-order valence-electron chi connectivity index (χ3n) is 4.19. The molecule has 0 radical (unpaired) electrons. The van der Waals surface area contributed by atoms with Crippen molar-refractivity contribution in [2.24, 2.45) is 0 Å². The van der Waals surface area contributed by atoms with Gasteiger partial charge in [-0.15, -0.1) is 0 Å². The molecule has 0 aliphatic carbocycles. The lowest BCUT2D eigenvalue weighted by molar-refractivity contribution is 0.102. The molecule has 28 heavy (non-hydrogen) atoms. The normalized spacial score (nSPS) is 11.0. The summed E-state index contributed by atoms with van der Waals surface area (Å²) in [5.74, 6) is -0.390. The fourth-order valence-corrected chi connectivity index (χ4v) is 2.85. The number of carbonyl (C=O) groups is 1. The van der Waals surface area contributed by atoms with Gasteiger partial charge in [-0.3, -0.25) is 14.6 Å². The van der Waals surface area contributed by atoms with E-state index in [0.29, 0.717) is 16.5 Å². The zero-order chi connectivity index (χ0) is 19.3. The van der Waals surface area contributed by atoms with Gasteiger partial charge < -0.3 is 5.32 Å². The molecule has 0 unspecified atom stereocenters. The number of nitrogens with one attached hydrogen (secondary N) is 2. The molecule has 0 aliphatic heterocycles. The van der Waals surface area contributed by atoms with Crippen LogP contribution < -0.4 is 10.9 Å². The molecular weight excluding hydrogens is 352 g/mol. The molecular formula is C22H16N4O2. The maximum absolute atomic E-state index is 12.7. The van der Waals surface area contributed by atoms with E-state index in [1.54, 1.807) is 36.5 Å². The molecule has 2 aromatic heterocycles. The first-order valence-corrected chi connectivity index (χ1v) is 8.69. The molecule has 4 aromatic rings. The van der Waals surface area contributed by atoms with Crippen molar-refractivity contribution in [2.75, 3.05) is 5.32 Å². The van der Waals surface area contributed by atoms with E-state index in [-0.39, 0.29) is 11.3 Å². The van der Waals surface area contributed by atoms with Gasteiger partial charge in [0, 0.05) is 17.3 Å². The van der Waals surface area contributed by atoms with Crippen LogP contribution in [0, 0.1) is 0 Å². The van der Waals surface area contributed by atoms with Gasteiger partial charge in [0.15, 0.2) is 5.69 Å². The van der Waals surface area contributed by atoms with Gasteiger partial charge >= 0.3 is 0 Å². The molecule has 4 rings (SSSR count). The van der Waals surface area contributed by atoms with E-state index in [1.165, 1.54) is 0 Å². The number of carbonyl (C=O) groups excluding carboxylic acids is 1. The Morgan fingerprint density at radius 1 is 0.929 bits per heavy atom. The summed E-state index contributed by atoms with van der Waals surface area (Å²) < 4.78 is 0.